The Hall–Kier alpha value is -1.27. The van der Waals surface area contributed by atoms with E-state index in [0.29, 0.717) is 0 Å². The molecule has 17 heavy (non-hydrogen) atoms. The van der Waals surface area contributed by atoms with Crippen LogP contribution in [0.25, 0.3) is 0 Å². The Morgan fingerprint density at radius 3 is 2.41 bits per heavy atom. The second-order valence-corrected chi connectivity index (χ2v) is 4.61. The first kappa shape index (κ1) is 12.2. The van der Waals surface area contributed by atoms with Crippen LogP contribution in [0.3, 0.4) is 0 Å². The van der Waals surface area contributed by atoms with Crippen molar-refractivity contribution >= 4 is 11.9 Å². The molecule has 1 atom stereocenters. The van der Waals surface area contributed by atoms with Gasteiger partial charge >= 0.3 is 12.1 Å². The summed E-state index contributed by atoms with van der Waals surface area (Å²) in [4.78, 5) is 23.0. The molecule has 1 amide bonds. The summed E-state index contributed by atoms with van der Waals surface area (Å²) >= 11 is 0. The van der Waals surface area contributed by atoms with E-state index in [1.807, 2.05) is 0 Å². The average Bonchev–Trinajstić information content (AvgIpc) is 2.97. The summed E-state index contributed by atoms with van der Waals surface area (Å²) in [6.07, 6.45) is -4.69. The highest BCUT2D eigenvalue weighted by Gasteiger charge is 2.68. The summed E-state index contributed by atoms with van der Waals surface area (Å²) in [5.41, 5.74) is -2.09. The molecule has 2 fully saturated rings. The first-order valence-electron chi connectivity index (χ1n) is 5.38. The predicted octanol–water partition coefficient (Wildman–Crippen LogP) is 1.40. The fourth-order valence-electron chi connectivity index (χ4n) is 2.29. The number of alkyl halides is 3. The van der Waals surface area contributed by atoms with Crippen LogP contribution >= 0.6 is 0 Å². The molecule has 2 rings (SSSR count). The van der Waals surface area contributed by atoms with Crippen molar-refractivity contribution in [2.75, 3.05) is 6.54 Å². The number of carboxylic acid groups (broad SMARTS) is 1. The van der Waals surface area contributed by atoms with Crippen molar-refractivity contribution in [3.63, 3.8) is 0 Å². The molecule has 4 nitrogen and oxygen atoms in total. The minimum absolute atomic E-state index is 0.116. The minimum atomic E-state index is -4.47. The topological polar surface area (TPSA) is 57.6 Å². The number of rotatable bonds is 2. The molecule has 1 aliphatic carbocycles. The number of piperidine rings is 1. The lowest BCUT2D eigenvalue weighted by molar-refractivity contribution is -0.205. The van der Waals surface area contributed by atoms with E-state index in [1.54, 1.807) is 0 Å². The number of carbonyl (C=O) groups is 2. The van der Waals surface area contributed by atoms with Crippen molar-refractivity contribution in [1.82, 2.24) is 4.90 Å². The summed E-state index contributed by atoms with van der Waals surface area (Å²) in [6, 6.07) is 0. The van der Waals surface area contributed by atoms with E-state index < -0.39 is 29.5 Å². The van der Waals surface area contributed by atoms with Gasteiger partial charge in [-0.3, -0.25) is 9.59 Å². The second-order valence-electron chi connectivity index (χ2n) is 4.61. The number of hydrogen-bond acceptors (Lipinski definition) is 2. The minimum Gasteiger partial charge on any atom is -0.481 e. The Labute approximate surface area is 95.4 Å². The third-order valence-corrected chi connectivity index (χ3v) is 3.53. The number of carboxylic acids is 1. The molecule has 1 saturated carbocycles. The number of aliphatic carboxylic acids is 1. The fourth-order valence-corrected chi connectivity index (χ4v) is 2.29. The van der Waals surface area contributed by atoms with Crippen molar-refractivity contribution in [3.8, 4) is 0 Å². The first-order valence-corrected chi connectivity index (χ1v) is 5.38. The van der Waals surface area contributed by atoms with Crippen LogP contribution in [-0.4, -0.2) is 40.1 Å². The quantitative estimate of drug-likeness (QED) is 0.807. The van der Waals surface area contributed by atoms with Crippen molar-refractivity contribution in [1.29, 1.82) is 0 Å². The average molecular weight is 251 g/mol. The molecule has 7 heteroatoms. The zero-order valence-corrected chi connectivity index (χ0v) is 8.96. The molecule has 0 aromatic heterocycles. The third kappa shape index (κ3) is 1.87. The lowest BCUT2D eigenvalue weighted by atomic mass is 9.95. The smallest absolute Gasteiger partial charge is 0.411 e. The van der Waals surface area contributed by atoms with Crippen molar-refractivity contribution < 1.29 is 27.9 Å². The maximum Gasteiger partial charge on any atom is 0.411 e. The van der Waals surface area contributed by atoms with Crippen molar-refractivity contribution in [2.45, 2.75) is 37.4 Å². The summed E-state index contributed by atoms with van der Waals surface area (Å²) in [5.74, 6) is -2.61. The van der Waals surface area contributed by atoms with Crippen LogP contribution in [-0.2, 0) is 9.59 Å². The summed E-state index contributed by atoms with van der Waals surface area (Å²) in [6.45, 7) is -0.326. The van der Waals surface area contributed by atoms with Crippen LogP contribution in [0.2, 0.25) is 0 Å². The van der Waals surface area contributed by atoms with Crippen molar-refractivity contribution in [3.05, 3.63) is 0 Å². The van der Waals surface area contributed by atoms with Gasteiger partial charge in [-0.1, -0.05) is 0 Å². The number of halogens is 3. The van der Waals surface area contributed by atoms with Crippen LogP contribution in [0, 0.1) is 5.92 Å². The number of amides is 1. The zero-order chi connectivity index (χ0) is 12.8. The van der Waals surface area contributed by atoms with E-state index in [4.69, 9.17) is 5.11 Å². The number of hydrogen-bond donors (Lipinski definition) is 1. The molecular formula is C10H12F3NO3. The SMILES string of the molecule is O=C(O)C1CCC(=O)N(C2(C(F)(F)F)CC2)C1. The van der Waals surface area contributed by atoms with Crippen LogP contribution in [0.1, 0.15) is 25.7 Å². The molecule has 0 radical (unpaired) electrons. The van der Waals surface area contributed by atoms with Gasteiger partial charge in [-0.15, -0.1) is 0 Å². The van der Waals surface area contributed by atoms with Gasteiger partial charge in [0.05, 0.1) is 5.92 Å². The van der Waals surface area contributed by atoms with Gasteiger partial charge in [0.15, 0.2) is 0 Å². The molecule has 1 heterocycles. The number of likely N-dealkylation sites (tertiary alicyclic amines) is 1. The lowest BCUT2D eigenvalue weighted by Gasteiger charge is -2.38. The van der Waals surface area contributed by atoms with Crippen LogP contribution < -0.4 is 0 Å². The third-order valence-electron chi connectivity index (χ3n) is 3.53. The molecule has 0 spiro atoms. The van der Waals surface area contributed by atoms with E-state index >= 15 is 0 Å². The second kappa shape index (κ2) is 3.61. The monoisotopic (exact) mass is 251 g/mol. The van der Waals surface area contributed by atoms with Gasteiger partial charge in [-0.05, 0) is 19.3 Å². The number of nitrogens with zero attached hydrogens (tertiary/aromatic N) is 1. The maximum atomic E-state index is 12.8. The Morgan fingerprint density at radius 2 is 2.00 bits per heavy atom. The van der Waals surface area contributed by atoms with Gasteiger partial charge in [-0.2, -0.15) is 13.2 Å². The van der Waals surface area contributed by atoms with Gasteiger partial charge in [-0.25, -0.2) is 0 Å². The Balaban J connectivity index is 2.19. The van der Waals surface area contributed by atoms with Crippen LogP contribution in [0.4, 0.5) is 13.2 Å². The molecule has 1 unspecified atom stereocenters. The molecule has 1 N–H and O–H groups in total. The fraction of sp³-hybridized carbons (Fsp3) is 0.800. The molecule has 96 valence electrons. The zero-order valence-electron chi connectivity index (χ0n) is 8.96. The Bertz CT molecular complexity index is 362. The standard InChI is InChI=1S/C10H12F3NO3/c11-10(12,13)9(3-4-9)14-5-6(8(16)17)1-2-7(14)15/h6H,1-5H2,(H,16,17). The Kier molecular flexibility index (Phi) is 2.59. The highest BCUT2D eigenvalue weighted by atomic mass is 19.4. The maximum absolute atomic E-state index is 12.8. The van der Waals surface area contributed by atoms with Gasteiger partial charge in [0.1, 0.15) is 5.54 Å². The summed E-state index contributed by atoms with van der Waals surface area (Å²) < 4.78 is 38.5. The van der Waals surface area contributed by atoms with Gasteiger partial charge in [0, 0.05) is 13.0 Å². The van der Waals surface area contributed by atoms with Gasteiger partial charge < -0.3 is 10.0 Å². The largest absolute Gasteiger partial charge is 0.481 e. The molecule has 1 aliphatic heterocycles. The highest BCUT2D eigenvalue weighted by molar-refractivity contribution is 5.81. The normalized spacial score (nSPS) is 28.1. The summed E-state index contributed by atoms with van der Waals surface area (Å²) in [7, 11) is 0. The molecular weight excluding hydrogens is 239 g/mol. The van der Waals surface area contributed by atoms with E-state index in [9.17, 15) is 22.8 Å². The number of carbonyl (C=O) groups excluding carboxylic acids is 1. The molecule has 0 bridgehead atoms. The molecule has 0 aromatic rings. The van der Waals surface area contributed by atoms with E-state index in [-0.39, 0.29) is 32.2 Å². The molecule has 2 aliphatic rings. The van der Waals surface area contributed by atoms with E-state index in [2.05, 4.69) is 0 Å². The highest BCUT2D eigenvalue weighted by Crippen LogP contribution is 2.54. The molecule has 0 aromatic carbocycles. The lowest BCUT2D eigenvalue weighted by Crippen LogP contribution is -2.55. The van der Waals surface area contributed by atoms with E-state index in [1.165, 1.54) is 0 Å². The van der Waals surface area contributed by atoms with E-state index in [0.717, 1.165) is 4.90 Å². The van der Waals surface area contributed by atoms with Gasteiger partial charge in [0.25, 0.3) is 0 Å². The predicted molar refractivity (Wildman–Crippen MR) is 50.1 cm³/mol. The molecule has 1 saturated heterocycles. The van der Waals surface area contributed by atoms with Crippen LogP contribution in [0.15, 0.2) is 0 Å². The van der Waals surface area contributed by atoms with Crippen LogP contribution in [0.5, 0.6) is 0 Å². The Morgan fingerprint density at radius 1 is 1.41 bits per heavy atom. The summed E-state index contributed by atoms with van der Waals surface area (Å²) in [5, 5.41) is 8.81. The van der Waals surface area contributed by atoms with Gasteiger partial charge in [0.2, 0.25) is 5.91 Å². The first-order chi connectivity index (χ1) is 7.78. The van der Waals surface area contributed by atoms with Crippen molar-refractivity contribution in [2.24, 2.45) is 5.92 Å².